The number of anilines is 2. The van der Waals surface area contributed by atoms with Crippen LogP contribution in [0.3, 0.4) is 0 Å². The van der Waals surface area contributed by atoms with Gasteiger partial charge in [-0.1, -0.05) is 205 Å². The van der Waals surface area contributed by atoms with Crippen molar-refractivity contribution in [2.45, 2.75) is 88.7 Å². The van der Waals surface area contributed by atoms with Gasteiger partial charge in [0, 0.05) is 0 Å². The summed E-state index contributed by atoms with van der Waals surface area (Å²) in [6.45, 7) is 2.73. The topological polar surface area (TPSA) is 219 Å². The van der Waals surface area contributed by atoms with E-state index in [1.165, 1.54) is 0 Å². The minimum absolute atomic E-state index is 0.0497. The highest BCUT2D eigenvalue weighted by molar-refractivity contribution is 6.34. The number of benzene rings is 6. The predicted molar refractivity (Wildman–Crippen MR) is 320 cm³/mol. The second-order valence-electron chi connectivity index (χ2n) is 20.0. The number of nitrogens with zero attached hydrogens (tertiary/aromatic N) is 8. The Labute approximate surface area is 505 Å². The quantitative estimate of drug-likeness (QED) is 0.0380. The minimum atomic E-state index is -0.699. The van der Waals surface area contributed by atoms with Crippen molar-refractivity contribution >= 4 is 70.2 Å². The van der Waals surface area contributed by atoms with Gasteiger partial charge in [0.2, 0.25) is 24.7 Å². The first-order valence-electron chi connectivity index (χ1n) is 27.8. The van der Waals surface area contributed by atoms with E-state index in [2.05, 4.69) is 40.5 Å². The number of fused-ring (bicyclic) bond motifs is 2. The molecule has 2 amide bonds. The van der Waals surface area contributed by atoms with Gasteiger partial charge in [0.05, 0.1) is 65.5 Å². The summed E-state index contributed by atoms with van der Waals surface area (Å²) in [5.74, 6) is 0.0993. The molecule has 12 rings (SSSR count). The Morgan fingerprint density at radius 3 is 1.00 bits per heavy atom. The van der Waals surface area contributed by atoms with Crippen LogP contribution in [0.4, 0.5) is 11.9 Å². The van der Waals surface area contributed by atoms with Crippen molar-refractivity contribution in [1.29, 1.82) is 0 Å². The fourth-order valence-electron chi connectivity index (χ4n) is 10.1. The molecule has 6 heterocycles. The Morgan fingerprint density at radius 1 is 0.407 bits per heavy atom. The monoisotopic (exact) mass is 1200 g/mol. The van der Waals surface area contributed by atoms with Crippen molar-refractivity contribution in [2.75, 3.05) is 23.8 Å². The first kappa shape index (κ1) is 59.4. The molecule has 440 valence electrons. The summed E-state index contributed by atoms with van der Waals surface area (Å²) < 4.78 is 55.3. The number of rotatable bonds is 26. The highest BCUT2D eigenvalue weighted by Gasteiger charge is 2.49. The first-order valence-corrected chi connectivity index (χ1v) is 28.5. The Bertz CT molecular complexity index is 3490. The van der Waals surface area contributed by atoms with Crippen molar-refractivity contribution in [3.05, 3.63) is 238 Å². The van der Waals surface area contributed by atoms with Gasteiger partial charge in [-0.05, 0) is 33.4 Å². The normalized spacial score (nSPS) is 19.9. The summed E-state index contributed by atoms with van der Waals surface area (Å²) in [5, 5.41) is 5.13. The molecule has 0 spiro atoms. The highest BCUT2D eigenvalue weighted by Crippen LogP contribution is 2.40. The summed E-state index contributed by atoms with van der Waals surface area (Å²) in [5.41, 5.74) is 7.67. The Hall–Kier alpha value is -8.38. The van der Waals surface area contributed by atoms with Gasteiger partial charge in [-0.2, -0.15) is 19.9 Å². The lowest BCUT2D eigenvalue weighted by molar-refractivity contribution is -0.106. The van der Waals surface area contributed by atoms with Crippen LogP contribution in [0.2, 0.25) is 10.3 Å². The number of ether oxygens (including phenoxy) is 8. The number of carbonyl (C=O) groups excluding carboxylic acids is 2. The van der Waals surface area contributed by atoms with E-state index in [0.717, 1.165) is 33.4 Å². The molecule has 20 nitrogen and oxygen atoms in total. The summed E-state index contributed by atoms with van der Waals surface area (Å²) >= 11 is 12.8. The SMILES string of the molecule is O=CNc1nc(Cl)c2ncn(C3OC(COCc4ccccc4)C(OCc4ccccc4)C3OCc3ccccc3)c2n1.O=CNc1nc(Cl)c2ncn(C3OC(COCc4ccccc4)C(OCc4ccccc4)C3OCc3ccccc3)c2n1. The third-order valence-electron chi connectivity index (χ3n) is 14.2. The van der Waals surface area contributed by atoms with Crippen LogP contribution in [0.1, 0.15) is 45.8 Å². The number of nitrogens with one attached hydrogen (secondary N) is 2. The van der Waals surface area contributed by atoms with Crippen LogP contribution in [0.25, 0.3) is 22.3 Å². The first-order chi connectivity index (χ1) is 42.4. The number of amides is 2. The van der Waals surface area contributed by atoms with Gasteiger partial charge < -0.3 is 37.9 Å². The molecule has 4 aromatic heterocycles. The zero-order valence-electron chi connectivity index (χ0n) is 46.3. The zero-order chi connectivity index (χ0) is 58.9. The molecule has 8 unspecified atom stereocenters. The molecule has 8 atom stereocenters. The highest BCUT2D eigenvalue weighted by atomic mass is 35.5. The maximum absolute atomic E-state index is 11.1. The molecule has 6 aromatic carbocycles. The Morgan fingerprint density at radius 2 is 0.698 bits per heavy atom. The fraction of sp³-hybridized carbons (Fsp3) is 0.250. The lowest BCUT2D eigenvalue weighted by Crippen LogP contribution is -2.38. The number of halogens is 2. The molecule has 22 heteroatoms. The third-order valence-corrected chi connectivity index (χ3v) is 14.7. The zero-order valence-corrected chi connectivity index (χ0v) is 47.8. The summed E-state index contributed by atoms with van der Waals surface area (Å²) in [4.78, 5) is 48.3. The van der Waals surface area contributed by atoms with Gasteiger partial charge in [0.25, 0.3) is 0 Å². The summed E-state index contributed by atoms with van der Waals surface area (Å²) in [7, 11) is 0. The van der Waals surface area contributed by atoms with Gasteiger partial charge in [-0.25, -0.2) is 9.97 Å². The number of hydrogen-bond donors (Lipinski definition) is 2. The van der Waals surface area contributed by atoms with E-state index in [0.29, 0.717) is 74.8 Å². The largest absolute Gasteiger partial charge is 0.374 e. The molecule has 0 saturated carbocycles. The standard InChI is InChI=1S/2C32H30ClN5O5/c2*33-29-26-30(37-32(36-29)35-21-39)38(20-34-26)31-28(42-18-24-14-8-3-9-15-24)27(41-17-23-12-6-2-7-13-23)25(43-31)19-40-16-22-10-4-1-5-11-22/h2*1-15,20-21,25,27-28,31H,16-19H2,(H,35,36,37,39). The molecular weight excluding hydrogens is 1140 g/mol. The van der Waals surface area contributed by atoms with Crippen LogP contribution in [0, 0.1) is 0 Å². The third kappa shape index (κ3) is 15.0. The number of carbonyl (C=O) groups is 2. The van der Waals surface area contributed by atoms with Crippen LogP contribution in [0.5, 0.6) is 0 Å². The van der Waals surface area contributed by atoms with E-state index in [1.54, 1.807) is 21.8 Å². The van der Waals surface area contributed by atoms with E-state index in [-0.39, 0.29) is 35.4 Å². The summed E-state index contributed by atoms with van der Waals surface area (Å²) in [6, 6.07) is 59.6. The smallest absolute Gasteiger partial charge is 0.232 e. The average Bonchev–Trinajstić information content (AvgIpc) is 1.90. The molecule has 2 aliphatic rings. The second kappa shape index (κ2) is 29.6. The van der Waals surface area contributed by atoms with Crippen LogP contribution in [-0.4, -0.2) is 102 Å². The average molecular weight is 1200 g/mol. The van der Waals surface area contributed by atoms with Crippen molar-refractivity contribution in [3.8, 4) is 0 Å². The van der Waals surface area contributed by atoms with Crippen molar-refractivity contribution in [2.24, 2.45) is 0 Å². The van der Waals surface area contributed by atoms with E-state index >= 15 is 0 Å². The molecule has 86 heavy (non-hydrogen) atoms. The maximum Gasteiger partial charge on any atom is 0.232 e. The number of aromatic nitrogens is 8. The van der Waals surface area contributed by atoms with E-state index in [1.807, 2.05) is 182 Å². The summed E-state index contributed by atoms with van der Waals surface area (Å²) in [6.07, 6.45) is -0.398. The lowest BCUT2D eigenvalue weighted by atomic mass is 10.1. The van der Waals surface area contributed by atoms with Gasteiger partial charge in [0.1, 0.15) is 47.7 Å². The predicted octanol–water partition coefficient (Wildman–Crippen LogP) is 10.7. The van der Waals surface area contributed by atoms with Crippen LogP contribution in [-0.2, 0) is 87.1 Å². The molecular formula is C64H60Cl2N10O10. The molecule has 10 aromatic rings. The molecule has 2 aliphatic heterocycles. The minimum Gasteiger partial charge on any atom is -0.374 e. The number of imidazole rings is 2. The molecule has 2 fully saturated rings. The van der Waals surface area contributed by atoms with E-state index < -0.39 is 49.1 Å². The second-order valence-corrected chi connectivity index (χ2v) is 20.7. The van der Waals surface area contributed by atoms with E-state index in [9.17, 15) is 9.59 Å². The van der Waals surface area contributed by atoms with Gasteiger partial charge in [0.15, 0.2) is 34.1 Å². The van der Waals surface area contributed by atoms with Gasteiger partial charge >= 0.3 is 0 Å². The molecule has 0 aliphatic carbocycles. The van der Waals surface area contributed by atoms with Crippen molar-refractivity contribution in [3.63, 3.8) is 0 Å². The molecule has 0 bridgehead atoms. The molecule has 2 N–H and O–H groups in total. The Balaban J connectivity index is 0.000000179. The van der Waals surface area contributed by atoms with Gasteiger partial charge in [-0.15, -0.1) is 0 Å². The van der Waals surface area contributed by atoms with E-state index in [4.69, 9.17) is 61.1 Å². The van der Waals surface area contributed by atoms with Gasteiger partial charge in [-0.3, -0.25) is 29.4 Å². The number of hydrogen-bond acceptors (Lipinski definition) is 16. The van der Waals surface area contributed by atoms with Crippen molar-refractivity contribution < 1.29 is 47.5 Å². The Kier molecular flexibility index (Phi) is 20.4. The molecule has 2 saturated heterocycles. The lowest BCUT2D eigenvalue weighted by Gasteiger charge is -2.25. The maximum atomic E-state index is 11.1. The molecule has 0 radical (unpaired) electrons. The van der Waals surface area contributed by atoms with Crippen LogP contribution >= 0.6 is 23.2 Å². The van der Waals surface area contributed by atoms with Crippen LogP contribution < -0.4 is 10.6 Å². The fourth-order valence-corrected chi connectivity index (χ4v) is 10.5. The van der Waals surface area contributed by atoms with Crippen LogP contribution in [0.15, 0.2) is 195 Å². The van der Waals surface area contributed by atoms with Crippen molar-refractivity contribution in [1.82, 2.24) is 39.0 Å².